The molecule has 1 N–H and O–H groups in total. The molecule has 1 aromatic rings. The molecule has 19 heavy (non-hydrogen) atoms. The van der Waals surface area contributed by atoms with Crippen molar-refractivity contribution in [3.63, 3.8) is 0 Å². The molecule has 0 bridgehead atoms. The summed E-state index contributed by atoms with van der Waals surface area (Å²) in [6, 6.07) is 6.23. The van der Waals surface area contributed by atoms with Gasteiger partial charge in [-0.15, -0.1) is 0 Å². The standard InChI is InChI=1S/C15H17NO3/c1-9-2-7-12-13(8-9)15(19)16(14(12)18)10-3-5-11(17)6-4-10/h3-6,9,12-13,17H,2,7-8H2,1H3/t9-,12-,13+/m0/s1. The van der Waals surface area contributed by atoms with Gasteiger partial charge < -0.3 is 5.11 Å². The van der Waals surface area contributed by atoms with Crippen molar-refractivity contribution in [1.29, 1.82) is 0 Å². The second-order valence-electron chi connectivity index (χ2n) is 5.66. The molecule has 4 nitrogen and oxygen atoms in total. The van der Waals surface area contributed by atoms with E-state index in [0.29, 0.717) is 11.6 Å². The summed E-state index contributed by atoms with van der Waals surface area (Å²) in [7, 11) is 0. The molecule has 0 aromatic heterocycles. The summed E-state index contributed by atoms with van der Waals surface area (Å²) >= 11 is 0. The molecule has 100 valence electrons. The van der Waals surface area contributed by atoms with E-state index in [1.54, 1.807) is 12.1 Å². The first kappa shape index (κ1) is 12.2. The Kier molecular flexibility index (Phi) is 2.81. The zero-order chi connectivity index (χ0) is 13.6. The number of rotatable bonds is 1. The Bertz CT molecular complexity index is 523. The Balaban J connectivity index is 1.93. The summed E-state index contributed by atoms with van der Waals surface area (Å²) in [6.45, 7) is 2.14. The number of hydrogen-bond acceptors (Lipinski definition) is 3. The monoisotopic (exact) mass is 259 g/mol. The third-order valence-electron chi connectivity index (χ3n) is 4.30. The number of imide groups is 1. The second-order valence-corrected chi connectivity index (χ2v) is 5.66. The van der Waals surface area contributed by atoms with Crippen LogP contribution in [0.3, 0.4) is 0 Å². The highest BCUT2D eigenvalue weighted by Gasteiger charge is 2.49. The van der Waals surface area contributed by atoms with Crippen molar-refractivity contribution in [2.75, 3.05) is 4.90 Å². The summed E-state index contributed by atoms with van der Waals surface area (Å²) in [5, 5.41) is 9.28. The van der Waals surface area contributed by atoms with Gasteiger partial charge in [0.05, 0.1) is 17.5 Å². The topological polar surface area (TPSA) is 57.6 Å². The minimum absolute atomic E-state index is 0.0763. The molecule has 0 unspecified atom stereocenters. The normalized spacial score (nSPS) is 30.6. The van der Waals surface area contributed by atoms with Crippen molar-refractivity contribution < 1.29 is 14.7 Å². The fourth-order valence-electron chi connectivity index (χ4n) is 3.25. The van der Waals surface area contributed by atoms with E-state index in [2.05, 4.69) is 6.92 Å². The number of amides is 2. The molecule has 1 heterocycles. The number of benzene rings is 1. The maximum atomic E-state index is 12.4. The van der Waals surface area contributed by atoms with Gasteiger partial charge in [0.15, 0.2) is 0 Å². The van der Waals surface area contributed by atoms with Gasteiger partial charge in [-0.3, -0.25) is 14.5 Å². The Labute approximate surface area is 112 Å². The fraction of sp³-hybridized carbons (Fsp3) is 0.467. The molecule has 1 saturated carbocycles. The number of carbonyl (C=O) groups excluding carboxylic acids is 2. The van der Waals surface area contributed by atoms with Crippen molar-refractivity contribution in [1.82, 2.24) is 0 Å². The van der Waals surface area contributed by atoms with Gasteiger partial charge in [0, 0.05) is 0 Å². The molecule has 0 spiro atoms. The predicted molar refractivity (Wildman–Crippen MR) is 70.6 cm³/mol. The number of nitrogens with zero attached hydrogens (tertiary/aromatic N) is 1. The van der Waals surface area contributed by atoms with Crippen LogP contribution in [-0.4, -0.2) is 16.9 Å². The van der Waals surface area contributed by atoms with E-state index in [-0.39, 0.29) is 29.4 Å². The third kappa shape index (κ3) is 1.91. The SMILES string of the molecule is C[C@H]1CC[C@@H]2C(=O)N(c3ccc(O)cc3)C(=O)[C@@H]2C1. The van der Waals surface area contributed by atoms with Crippen LogP contribution in [0.1, 0.15) is 26.2 Å². The van der Waals surface area contributed by atoms with E-state index in [9.17, 15) is 14.7 Å². The van der Waals surface area contributed by atoms with Crippen LogP contribution >= 0.6 is 0 Å². The predicted octanol–water partition coefficient (Wildman–Crippen LogP) is 2.32. The van der Waals surface area contributed by atoms with Gasteiger partial charge >= 0.3 is 0 Å². The Morgan fingerprint density at radius 1 is 1.05 bits per heavy atom. The summed E-state index contributed by atoms with van der Waals surface area (Å²) in [5.74, 6) is 0.203. The van der Waals surface area contributed by atoms with Crippen LogP contribution in [0.2, 0.25) is 0 Å². The number of carbonyl (C=O) groups is 2. The van der Waals surface area contributed by atoms with Gasteiger partial charge in [-0.1, -0.05) is 6.92 Å². The molecular formula is C15H17NO3. The van der Waals surface area contributed by atoms with Crippen molar-refractivity contribution in [3.8, 4) is 5.75 Å². The van der Waals surface area contributed by atoms with Crippen molar-refractivity contribution in [2.24, 2.45) is 17.8 Å². The number of fused-ring (bicyclic) bond motifs is 1. The van der Waals surface area contributed by atoms with E-state index in [1.807, 2.05) is 0 Å². The van der Waals surface area contributed by atoms with Crippen molar-refractivity contribution in [3.05, 3.63) is 24.3 Å². The van der Waals surface area contributed by atoms with Gasteiger partial charge in [-0.25, -0.2) is 0 Å². The molecular weight excluding hydrogens is 242 g/mol. The summed E-state index contributed by atoms with van der Waals surface area (Å²) in [4.78, 5) is 26.1. The van der Waals surface area contributed by atoms with Gasteiger partial charge in [0.25, 0.3) is 0 Å². The van der Waals surface area contributed by atoms with Crippen molar-refractivity contribution >= 4 is 17.5 Å². The minimum atomic E-state index is -0.148. The fourth-order valence-corrected chi connectivity index (χ4v) is 3.25. The van der Waals surface area contributed by atoms with E-state index in [1.165, 1.54) is 17.0 Å². The van der Waals surface area contributed by atoms with Crippen LogP contribution in [0.4, 0.5) is 5.69 Å². The number of phenolic OH excluding ortho intramolecular Hbond substituents is 1. The van der Waals surface area contributed by atoms with Gasteiger partial charge in [-0.2, -0.15) is 0 Å². The highest BCUT2D eigenvalue weighted by Crippen LogP contribution is 2.42. The zero-order valence-electron chi connectivity index (χ0n) is 10.9. The molecule has 2 aliphatic rings. The lowest BCUT2D eigenvalue weighted by Crippen LogP contribution is -2.30. The molecule has 1 saturated heterocycles. The maximum absolute atomic E-state index is 12.4. The largest absolute Gasteiger partial charge is 0.508 e. The number of anilines is 1. The quantitative estimate of drug-likeness (QED) is 0.787. The van der Waals surface area contributed by atoms with Crippen LogP contribution < -0.4 is 4.90 Å². The van der Waals surface area contributed by atoms with Crippen LogP contribution in [-0.2, 0) is 9.59 Å². The smallest absolute Gasteiger partial charge is 0.237 e. The van der Waals surface area contributed by atoms with E-state index >= 15 is 0 Å². The average Bonchev–Trinajstić information content (AvgIpc) is 2.63. The Morgan fingerprint density at radius 3 is 2.37 bits per heavy atom. The van der Waals surface area contributed by atoms with Crippen LogP contribution in [0.5, 0.6) is 5.75 Å². The maximum Gasteiger partial charge on any atom is 0.237 e. The first-order chi connectivity index (χ1) is 9.08. The van der Waals surface area contributed by atoms with Gasteiger partial charge in [0.1, 0.15) is 5.75 Å². The molecule has 1 aliphatic heterocycles. The summed E-state index contributed by atoms with van der Waals surface area (Å²) in [6.07, 6.45) is 2.64. The minimum Gasteiger partial charge on any atom is -0.508 e. The number of hydrogen-bond donors (Lipinski definition) is 1. The molecule has 3 rings (SSSR count). The molecule has 1 aromatic carbocycles. The van der Waals surface area contributed by atoms with Gasteiger partial charge in [0.2, 0.25) is 11.8 Å². The summed E-state index contributed by atoms with van der Waals surface area (Å²) in [5.41, 5.74) is 0.565. The lowest BCUT2D eigenvalue weighted by Gasteiger charge is -2.25. The Hall–Kier alpha value is -1.84. The number of aromatic hydroxyl groups is 1. The highest BCUT2D eigenvalue weighted by molar-refractivity contribution is 6.22. The molecule has 0 radical (unpaired) electrons. The molecule has 1 aliphatic carbocycles. The third-order valence-corrected chi connectivity index (χ3v) is 4.30. The highest BCUT2D eigenvalue weighted by atomic mass is 16.3. The van der Waals surface area contributed by atoms with E-state index < -0.39 is 0 Å². The molecule has 3 atom stereocenters. The van der Waals surface area contributed by atoms with Gasteiger partial charge in [-0.05, 0) is 49.4 Å². The van der Waals surface area contributed by atoms with E-state index in [4.69, 9.17) is 0 Å². The molecule has 2 fully saturated rings. The van der Waals surface area contributed by atoms with Crippen LogP contribution in [0.15, 0.2) is 24.3 Å². The molecule has 2 amide bonds. The summed E-state index contributed by atoms with van der Waals surface area (Å²) < 4.78 is 0. The average molecular weight is 259 g/mol. The first-order valence-corrected chi connectivity index (χ1v) is 6.75. The van der Waals surface area contributed by atoms with E-state index in [0.717, 1.165) is 19.3 Å². The Morgan fingerprint density at radius 2 is 1.68 bits per heavy atom. The second kappa shape index (κ2) is 4.37. The van der Waals surface area contributed by atoms with Crippen LogP contribution in [0, 0.1) is 17.8 Å². The molecule has 4 heteroatoms. The van der Waals surface area contributed by atoms with Crippen molar-refractivity contribution in [2.45, 2.75) is 26.2 Å². The van der Waals surface area contributed by atoms with Crippen LogP contribution in [0.25, 0.3) is 0 Å². The lowest BCUT2D eigenvalue weighted by molar-refractivity contribution is -0.122. The zero-order valence-corrected chi connectivity index (χ0v) is 10.9. The lowest BCUT2D eigenvalue weighted by atomic mass is 9.76. The number of phenols is 1. The first-order valence-electron chi connectivity index (χ1n) is 6.75.